The van der Waals surface area contributed by atoms with Crippen molar-refractivity contribution < 1.29 is 22.7 Å². The Morgan fingerprint density at radius 3 is 2.67 bits per heavy atom. The van der Waals surface area contributed by atoms with Crippen LogP contribution in [0, 0.1) is 0 Å². The number of aromatic nitrogens is 1. The van der Waals surface area contributed by atoms with E-state index in [-0.39, 0.29) is 17.3 Å². The molecule has 2 aromatic rings. The molecule has 0 spiro atoms. The Hall–Kier alpha value is -2.65. The second-order valence-corrected chi connectivity index (χ2v) is 7.91. The number of hydrogen-bond donors (Lipinski definition) is 1. The van der Waals surface area contributed by atoms with Gasteiger partial charge >= 0.3 is 0 Å². The maximum absolute atomic E-state index is 13.1. The van der Waals surface area contributed by atoms with E-state index in [1.807, 2.05) is 0 Å². The summed E-state index contributed by atoms with van der Waals surface area (Å²) >= 11 is 0. The van der Waals surface area contributed by atoms with Crippen molar-refractivity contribution in [3.63, 3.8) is 0 Å². The number of ether oxygens (including phenoxy) is 2. The molecular formula is C18H21N3O5S. The van der Waals surface area contributed by atoms with Gasteiger partial charge in [0, 0.05) is 18.8 Å². The highest BCUT2D eigenvalue weighted by molar-refractivity contribution is 7.89. The van der Waals surface area contributed by atoms with Gasteiger partial charge in [-0.2, -0.15) is 4.31 Å². The Balaban J connectivity index is 1.86. The number of pyridine rings is 1. The third kappa shape index (κ3) is 3.88. The number of anilines is 1. The molecule has 1 amide bonds. The molecule has 8 nitrogen and oxygen atoms in total. The number of benzene rings is 1. The third-order valence-corrected chi connectivity index (χ3v) is 6.30. The molecule has 1 unspecified atom stereocenters. The molecule has 1 N–H and O–H groups in total. The van der Waals surface area contributed by atoms with Crippen molar-refractivity contribution in [2.75, 3.05) is 26.1 Å². The molecule has 1 fully saturated rings. The van der Waals surface area contributed by atoms with Crippen LogP contribution in [0.15, 0.2) is 47.6 Å². The van der Waals surface area contributed by atoms with Gasteiger partial charge in [-0.05, 0) is 37.1 Å². The van der Waals surface area contributed by atoms with E-state index in [0.717, 1.165) is 0 Å². The van der Waals surface area contributed by atoms with Crippen molar-refractivity contribution in [1.82, 2.24) is 9.29 Å². The first-order chi connectivity index (χ1) is 13.0. The van der Waals surface area contributed by atoms with Crippen LogP contribution < -0.4 is 14.8 Å². The Labute approximate surface area is 158 Å². The molecule has 9 heteroatoms. The van der Waals surface area contributed by atoms with Gasteiger partial charge in [-0.15, -0.1) is 0 Å². The number of nitrogens with zero attached hydrogens (tertiary/aromatic N) is 2. The average molecular weight is 391 g/mol. The lowest BCUT2D eigenvalue weighted by molar-refractivity contribution is -0.119. The van der Waals surface area contributed by atoms with E-state index < -0.39 is 16.1 Å². The van der Waals surface area contributed by atoms with E-state index in [1.165, 1.54) is 42.9 Å². The number of carbonyl (C=O) groups is 1. The van der Waals surface area contributed by atoms with Crippen molar-refractivity contribution in [3.8, 4) is 11.5 Å². The van der Waals surface area contributed by atoms with E-state index in [9.17, 15) is 13.2 Å². The van der Waals surface area contributed by atoms with Gasteiger partial charge in [0.1, 0.15) is 6.04 Å². The van der Waals surface area contributed by atoms with E-state index in [4.69, 9.17) is 9.47 Å². The van der Waals surface area contributed by atoms with E-state index in [2.05, 4.69) is 10.3 Å². The minimum absolute atomic E-state index is 0.0567. The standard InChI is InChI=1S/C18H21N3O5S/c1-25-16-8-7-14(11-17(16)26-2)27(23,24)21-10-4-6-15(21)18(22)20-13-5-3-9-19-12-13/h3,5,7-9,11-12,15H,4,6,10H2,1-2H3,(H,20,22). The third-order valence-electron chi connectivity index (χ3n) is 4.40. The molecule has 3 rings (SSSR count). The fourth-order valence-electron chi connectivity index (χ4n) is 3.06. The van der Waals surface area contributed by atoms with Crippen LogP contribution in [0.1, 0.15) is 12.8 Å². The molecule has 0 aliphatic carbocycles. The van der Waals surface area contributed by atoms with Crippen molar-refractivity contribution >= 4 is 21.6 Å². The van der Waals surface area contributed by atoms with Crippen LogP contribution in [-0.4, -0.2) is 50.4 Å². The molecule has 144 valence electrons. The normalized spacial score (nSPS) is 17.5. The zero-order chi connectivity index (χ0) is 19.4. The minimum Gasteiger partial charge on any atom is -0.493 e. The molecule has 1 aliphatic heterocycles. The molecule has 1 atom stereocenters. The minimum atomic E-state index is -3.86. The highest BCUT2D eigenvalue weighted by Gasteiger charge is 2.39. The first kappa shape index (κ1) is 19.1. The van der Waals surface area contributed by atoms with Crippen molar-refractivity contribution in [3.05, 3.63) is 42.7 Å². The molecule has 1 aliphatic rings. The number of amides is 1. The molecule has 0 saturated carbocycles. The number of sulfonamides is 1. The fraction of sp³-hybridized carbons (Fsp3) is 0.333. The van der Waals surface area contributed by atoms with Gasteiger partial charge in [0.15, 0.2) is 11.5 Å². The Kier molecular flexibility index (Phi) is 5.62. The number of methoxy groups -OCH3 is 2. The average Bonchev–Trinajstić information content (AvgIpc) is 3.19. The van der Waals surface area contributed by atoms with Gasteiger partial charge in [-0.3, -0.25) is 9.78 Å². The SMILES string of the molecule is COc1ccc(S(=O)(=O)N2CCCC2C(=O)Nc2cccnc2)cc1OC. The van der Waals surface area contributed by atoms with Gasteiger partial charge in [0.2, 0.25) is 15.9 Å². The Bertz CT molecular complexity index is 918. The molecule has 27 heavy (non-hydrogen) atoms. The summed E-state index contributed by atoms with van der Waals surface area (Å²) in [5.41, 5.74) is 0.526. The number of hydrogen-bond acceptors (Lipinski definition) is 6. The maximum Gasteiger partial charge on any atom is 0.243 e. The van der Waals surface area contributed by atoms with Gasteiger partial charge in [-0.25, -0.2) is 8.42 Å². The predicted molar refractivity (Wildman–Crippen MR) is 99.3 cm³/mol. The lowest BCUT2D eigenvalue weighted by atomic mass is 10.2. The lowest BCUT2D eigenvalue weighted by Crippen LogP contribution is -2.43. The summed E-state index contributed by atoms with van der Waals surface area (Å²) in [6, 6.07) is 7.01. The molecule has 2 heterocycles. The number of rotatable bonds is 6. The summed E-state index contributed by atoms with van der Waals surface area (Å²) in [5, 5.41) is 2.73. The highest BCUT2D eigenvalue weighted by atomic mass is 32.2. The van der Waals surface area contributed by atoms with Crippen LogP contribution in [0.4, 0.5) is 5.69 Å². The molecule has 0 bridgehead atoms. The first-order valence-electron chi connectivity index (χ1n) is 8.42. The Morgan fingerprint density at radius 1 is 1.22 bits per heavy atom. The maximum atomic E-state index is 13.1. The predicted octanol–water partition coefficient (Wildman–Crippen LogP) is 1.89. The van der Waals surface area contributed by atoms with E-state index >= 15 is 0 Å². The second-order valence-electron chi connectivity index (χ2n) is 6.02. The molecule has 1 aromatic carbocycles. The zero-order valence-corrected chi connectivity index (χ0v) is 15.9. The van der Waals surface area contributed by atoms with Crippen LogP contribution in [0.25, 0.3) is 0 Å². The fourth-order valence-corrected chi connectivity index (χ4v) is 4.74. The molecular weight excluding hydrogens is 370 g/mol. The van der Waals surface area contributed by atoms with Gasteiger partial charge in [0.25, 0.3) is 0 Å². The van der Waals surface area contributed by atoms with Gasteiger partial charge < -0.3 is 14.8 Å². The summed E-state index contributed by atoms with van der Waals surface area (Å²) in [5.74, 6) is 0.377. The van der Waals surface area contributed by atoms with Crippen molar-refractivity contribution in [2.45, 2.75) is 23.8 Å². The molecule has 1 aromatic heterocycles. The summed E-state index contributed by atoms with van der Waals surface area (Å²) < 4.78 is 37.8. The lowest BCUT2D eigenvalue weighted by Gasteiger charge is -2.23. The first-order valence-corrected chi connectivity index (χ1v) is 9.86. The summed E-state index contributed by atoms with van der Waals surface area (Å²) in [4.78, 5) is 16.6. The molecule has 0 radical (unpaired) electrons. The summed E-state index contributed by atoms with van der Waals surface area (Å²) in [6.45, 7) is 0.280. The van der Waals surface area contributed by atoms with Crippen LogP contribution in [0.3, 0.4) is 0 Å². The van der Waals surface area contributed by atoms with E-state index in [0.29, 0.717) is 30.0 Å². The van der Waals surface area contributed by atoms with Crippen molar-refractivity contribution in [2.24, 2.45) is 0 Å². The van der Waals surface area contributed by atoms with Crippen LogP contribution in [0.5, 0.6) is 11.5 Å². The molecule has 1 saturated heterocycles. The topological polar surface area (TPSA) is 97.8 Å². The Morgan fingerprint density at radius 2 is 2.00 bits per heavy atom. The number of nitrogens with one attached hydrogen (secondary N) is 1. The van der Waals surface area contributed by atoms with Gasteiger partial charge in [0.05, 0.1) is 31.0 Å². The van der Waals surface area contributed by atoms with Crippen molar-refractivity contribution in [1.29, 1.82) is 0 Å². The van der Waals surface area contributed by atoms with Crippen LogP contribution in [0.2, 0.25) is 0 Å². The summed E-state index contributed by atoms with van der Waals surface area (Å²) in [6.07, 6.45) is 4.18. The smallest absolute Gasteiger partial charge is 0.243 e. The quantitative estimate of drug-likeness (QED) is 0.808. The van der Waals surface area contributed by atoms with Crippen LogP contribution in [-0.2, 0) is 14.8 Å². The monoisotopic (exact) mass is 391 g/mol. The zero-order valence-electron chi connectivity index (χ0n) is 15.1. The van der Waals surface area contributed by atoms with E-state index in [1.54, 1.807) is 18.3 Å². The highest BCUT2D eigenvalue weighted by Crippen LogP contribution is 2.33. The van der Waals surface area contributed by atoms with Crippen LogP contribution >= 0.6 is 0 Å². The largest absolute Gasteiger partial charge is 0.493 e. The summed E-state index contributed by atoms with van der Waals surface area (Å²) in [7, 11) is -0.945. The van der Waals surface area contributed by atoms with Gasteiger partial charge in [-0.1, -0.05) is 0 Å². The second kappa shape index (κ2) is 7.93. The number of carbonyl (C=O) groups excluding carboxylic acids is 1.